The van der Waals surface area contributed by atoms with E-state index in [1.807, 2.05) is 0 Å². The highest BCUT2D eigenvalue weighted by Crippen LogP contribution is 2.22. The van der Waals surface area contributed by atoms with E-state index in [-0.39, 0.29) is 0 Å². The lowest BCUT2D eigenvalue weighted by Gasteiger charge is -2.06. The molecule has 2 rings (SSSR count). The maximum absolute atomic E-state index is 12.1. The molecule has 0 saturated carbocycles. The Balaban J connectivity index is 2.45. The van der Waals surface area contributed by atoms with Gasteiger partial charge in [0.2, 0.25) is 0 Å². The molecule has 0 radical (unpaired) electrons. The zero-order valence-electron chi connectivity index (χ0n) is 7.29. The van der Waals surface area contributed by atoms with Crippen LogP contribution in [0.5, 0.6) is 0 Å². The lowest BCUT2D eigenvalue weighted by atomic mass is 10.3. The molecular formula is C8H5BrF3N3. The fourth-order valence-corrected chi connectivity index (χ4v) is 1.59. The number of pyridine rings is 1. The van der Waals surface area contributed by atoms with Crippen LogP contribution in [0.1, 0.15) is 0 Å². The molecule has 0 bridgehead atoms. The Hall–Kier alpha value is -1.11. The average molecular weight is 280 g/mol. The Kier molecular flexibility index (Phi) is 2.41. The van der Waals surface area contributed by atoms with Crippen molar-refractivity contribution in [2.24, 2.45) is 0 Å². The van der Waals surface area contributed by atoms with E-state index in [0.29, 0.717) is 15.5 Å². The van der Waals surface area contributed by atoms with Gasteiger partial charge < -0.3 is 0 Å². The highest BCUT2D eigenvalue weighted by molar-refractivity contribution is 9.10. The quantitative estimate of drug-likeness (QED) is 0.752. The van der Waals surface area contributed by atoms with Crippen LogP contribution in [0.3, 0.4) is 0 Å². The van der Waals surface area contributed by atoms with Gasteiger partial charge in [-0.1, -0.05) is 0 Å². The number of aromatic nitrogens is 3. The zero-order chi connectivity index (χ0) is 11.1. The van der Waals surface area contributed by atoms with Gasteiger partial charge in [0.25, 0.3) is 0 Å². The Labute approximate surface area is 91.0 Å². The summed E-state index contributed by atoms with van der Waals surface area (Å²) in [6.45, 7) is -1.10. The molecule has 0 spiro atoms. The Morgan fingerprint density at radius 1 is 1.33 bits per heavy atom. The van der Waals surface area contributed by atoms with E-state index in [1.165, 1.54) is 12.4 Å². The minimum Gasteiger partial charge on any atom is -0.254 e. The Morgan fingerprint density at radius 2 is 2.07 bits per heavy atom. The third kappa shape index (κ3) is 2.28. The largest absolute Gasteiger partial charge is 0.408 e. The number of nitrogens with zero attached hydrogens (tertiary/aromatic N) is 3. The minimum absolute atomic E-state index is 0.371. The van der Waals surface area contributed by atoms with Crippen molar-refractivity contribution in [1.29, 1.82) is 0 Å². The van der Waals surface area contributed by atoms with Gasteiger partial charge in [-0.2, -0.15) is 18.3 Å². The van der Waals surface area contributed by atoms with Crippen molar-refractivity contribution >= 4 is 26.8 Å². The van der Waals surface area contributed by atoms with Gasteiger partial charge in [-0.15, -0.1) is 0 Å². The summed E-state index contributed by atoms with van der Waals surface area (Å²) in [6, 6.07) is 1.62. The minimum atomic E-state index is -4.27. The molecule has 2 aromatic rings. The molecule has 0 aliphatic heterocycles. The summed E-state index contributed by atoms with van der Waals surface area (Å²) >= 11 is 3.13. The normalized spacial score (nSPS) is 12.3. The number of halogens is 4. The van der Waals surface area contributed by atoms with Crippen molar-refractivity contribution in [3.8, 4) is 0 Å². The fourth-order valence-electron chi connectivity index (χ4n) is 1.25. The van der Waals surface area contributed by atoms with E-state index in [4.69, 9.17) is 0 Å². The molecule has 2 aromatic heterocycles. The third-order valence-electron chi connectivity index (χ3n) is 1.82. The molecule has 2 heterocycles. The predicted octanol–water partition coefficient (Wildman–Crippen LogP) is 2.76. The number of hydrogen-bond acceptors (Lipinski definition) is 2. The first-order valence-electron chi connectivity index (χ1n) is 3.99. The summed E-state index contributed by atoms with van der Waals surface area (Å²) in [6.07, 6.45) is -1.53. The molecular weight excluding hydrogens is 275 g/mol. The van der Waals surface area contributed by atoms with Crippen molar-refractivity contribution in [3.05, 3.63) is 23.1 Å². The summed E-state index contributed by atoms with van der Waals surface area (Å²) in [5.41, 5.74) is 0.371. The molecule has 3 nitrogen and oxygen atoms in total. The molecule has 0 atom stereocenters. The van der Waals surface area contributed by atoms with Crippen LogP contribution in [-0.4, -0.2) is 20.9 Å². The molecule has 15 heavy (non-hydrogen) atoms. The third-order valence-corrected chi connectivity index (χ3v) is 2.26. The van der Waals surface area contributed by atoms with E-state index in [2.05, 4.69) is 26.0 Å². The van der Waals surface area contributed by atoms with E-state index < -0.39 is 12.7 Å². The molecule has 0 unspecified atom stereocenters. The number of rotatable bonds is 1. The highest BCUT2D eigenvalue weighted by Gasteiger charge is 2.29. The predicted molar refractivity (Wildman–Crippen MR) is 51.3 cm³/mol. The van der Waals surface area contributed by atoms with Crippen LogP contribution in [0.2, 0.25) is 0 Å². The summed E-state index contributed by atoms with van der Waals surface area (Å²) < 4.78 is 37.9. The highest BCUT2D eigenvalue weighted by atomic mass is 79.9. The maximum Gasteiger partial charge on any atom is 0.408 e. The topological polar surface area (TPSA) is 30.7 Å². The van der Waals surface area contributed by atoms with Crippen molar-refractivity contribution < 1.29 is 13.2 Å². The smallest absolute Gasteiger partial charge is 0.254 e. The maximum atomic E-state index is 12.1. The van der Waals surface area contributed by atoms with E-state index >= 15 is 0 Å². The van der Waals surface area contributed by atoms with Crippen molar-refractivity contribution in [2.75, 3.05) is 0 Å². The van der Waals surface area contributed by atoms with Gasteiger partial charge >= 0.3 is 6.18 Å². The first kappa shape index (κ1) is 10.4. The molecule has 0 aromatic carbocycles. The molecule has 7 heteroatoms. The number of fused-ring (bicyclic) bond motifs is 1. The van der Waals surface area contributed by atoms with Gasteiger partial charge in [0.15, 0.2) is 0 Å². The van der Waals surface area contributed by atoms with Crippen molar-refractivity contribution in [1.82, 2.24) is 14.8 Å². The summed E-state index contributed by atoms with van der Waals surface area (Å²) in [4.78, 5) is 3.86. The van der Waals surface area contributed by atoms with Gasteiger partial charge in [-0.25, -0.2) is 4.98 Å². The summed E-state index contributed by atoms with van der Waals surface area (Å²) in [5.74, 6) is 0. The first-order chi connectivity index (χ1) is 6.96. The van der Waals surface area contributed by atoms with Crippen molar-refractivity contribution in [2.45, 2.75) is 12.7 Å². The molecule has 80 valence electrons. The molecule has 0 fully saturated rings. The van der Waals surface area contributed by atoms with E-state index in [9.17, 15) is 13.2 Å². The Bertz CT molecular complexity index is 491. The second-order valence-electron chi connectivity index (χ2n) is 2.98. The standard InChI is InChI=1S/C8H5BrF3N3/c9-7-1-5-2-14-15(4-8(10,11)12)6(5)3-13-7/h1-3H,4H2. The van der Waals surface area contributed by atoms with E-state index in [1.54, 1.807) is 6.07 Å². The lowest BCUT2D eigenvalue weighted by Crippen LogP contribution is -2.18. The average Bonchev–Trinajstić information content (AvgIpc) is 2.45. The Morgan fingerprint density at radius 3 is 2.73 bits per heavy atom. The molecule has 0 N–H and O–H groups in total. The second kappa shape index (κ2) is 3.48. The zero-order valence-corrected chi connectivity index (χ0v) is 8.88. The van der Waals surface area contributed by atoms with Gasteiger partial charge in [0, 0.05) is 5.39 Å². The van der Waals surface area contributed by atoms with Crippen LogP contribution < -0.4 is 0 Å². The van der Waals surface area contributed by atoms with Gasteiger partial charge in [-0.05, 0) is 22.0 Å². The van der Waals surface area contributed by atoms with Crippen LogP contribution in [0.25, 0.3) is 10.9 Å². The SMILES string of the molecule is FC(F)(F)Cn1ncc2cc(Br)ncc21. The molecule has 0 aliphatic rings. The van der Waals surface area contributed by atoms with Gasteiger partial charge in [0.1, 0.15) is 11.1 Å². The van der Waals surface area contributed by atoms with Crippen LogP contribution in [0.15, 0.2) is 23.1 Å². The molecule has 0 aliphatic carbocycles. The van der Waals surface area contributed by atoms with Crippen LogP contribution in [-0.2, 0) is 6.54 Å². The van der Waals surface area contributed by atoms with Crippen LogP contribution >= 0.6 is 15.9 Å². The first-order valence-corrected chi connectivity index (χ1v) is 4.79. The summed E-state index contributed by atoms with van der Waals surface area (Å²) in [5, 5.41) is 4.28. The fraction of sp³-hybridized carbons (Fsp3) is 0.250. The number of hydrogen-bond donors (Lipinski definition) is 0. The van der Waals surface area contributed by atoms with Crippen molar-refractivity contribution in [3.63, 3.8) is 0 Å². The van der Waals surface area contributed by atoms with Crippen LogP contribution in [0, 0.1) is 0 Å². The molecule has 0 saturated heterocycles. The monoisotopic (exact) mass is 279 g/mol. The summed E-state index contributed by atoms with van der Waals surface area (Å²) in [7, 11) is 0. The van der Waals surface area contributed by atoms with Crippen LogP contribution in [0.4, 0.5) is 13.2 Å². The lowest BCUT2D eigenvalue weighted by molar-refractivity contribution is -0.141. The van der Waals surface area contributed by atoms with Gasteiger partial charge in [-0.3, -0.25) is 4.68 Å². The number of alkyl halides is 3. The van der Waals surface area contributed by atoms with Gasteiger partial charge in [0.05, 0.1) is 17.9 Å². The van der Waals surface area contributed by atoms with E-state index in [0.717, 1.165) is 4.68 Å². The molecule has 0 amide bonds. The second-order valence-corrected chi connectivity index (χ2v) is 3.80.